The number of rotatable bonds is 5. The molecule has 0 bridgehead atoms. The molecule has 2 aromatic carbocycles. The fourth-order valence-corrected chi connectivity index (χ4v) is 2.24. The van der Waals surface area contributed by atoms with Crippen molar-refractivity contribution in [2.75, 3.05) is 7.11 Å². The molecule has 20 heavy (non-hydrogen) atoms. The lowest BCUT2D eigenvalue weighted by Gasteiger charge is -2.08. The molecular formula is C18H20O2. The molecule has 0 atom stereocenters. The van der Waals surface area contributed by atoms with Crippen molar-refractivity contribution < 1.29 is 9.53 Å². The standard InChI is InChI=1S/C18H20O2/c1-13(2)10-14-6-4-7-15(11-14)18(19)16-8-5-9-17(12-16)20-3/h4-9,11-13H,10H2,1-3H3. The zero-order valence-corrected chi connectivity index (χ0v) is 12.2. The molecule has 0 aromatic heterocycles. The van der Waals surface area contributed by atoms with Crippen molar-refractivity contribution in [2.24, 2.45) is 5.92 Å². The largest absolute Gasteiger partial charge is 0.497 e. The Labute approximate surface area is 120 Å². The Hall–Kier alpha value is -2.09. The molecule has 2 heteroatoms. The molecule has 0 unspecified atom stereocenters. The first-order chi connectivity index (χ1) is 9.60. The van der Waals surface area contributed by atoms with E-state index < -0.39 is 0 Å². The third kappa shape index (κ3) is 3.47. The minimum Gasteiger partial charge on any atom is -0.497 e. The summed E-state index contributed by atoms with van der Waals surface area (Å²) < 4.78 is 5.17. The van der Waals surface area contributed by atoms with Crippen molar-refractivity contribution in [3.8, 4) is 5.75 Å². The van der Waals surface area contributed by atoms with Gasteiger partial charge in [0.25, 0.3) is 0 Å². The topological polar surface area (TPSA) is 26.3 Å². The average Bonchev–Trinajstić information content (AvgIpc) is 2.46. The third-order valence-corrected chi connectivity index (χ3v) is 3.17. The van der Waals surface area contributed by atoms with Crippen LogP contribution in [0.3, 0.4) is 0 Å². The highest BCUT2D eigenvalue weighted by Gasteiger charge is 2.10. The molecule has 0 radical (unpaired) electrons. The first-order valence-electron chi connectivity index (χ1n) is 6.88. The Morgan fingerprint density at radius 2 is 1.70 bits per heavy atom. The highest BCUT2D eigenvalue weighted by molar-refractivity contribution is 6.09. The van der Waals surface area contributed by atoms with Crippen LogP contribution in [-0.4, -0.2) is 12.9 Å². The summed E-state index contributed by atoms with van der Waals surface area (Å²) in [5.74, 6) is 1.32. The SMILES string of the molecule is COc1cccc(C(=O)c2cccc(CC(C)C)c2)c1. The maximum Gasteiger partial charge on any atom is 0.193 e. The molecule has 2 nitrogen and oxygen atoms in total. The summed E-state index contributed by atoms with van der Waals surface area (Å²) in [6.45, 7) is 4.35. The number of hydrogen-bond donors (Lipinski definition) is 0. The minimum absolute atomic E-state index is 0.0366. The van der Waals surface area contributed by atoms with Crippen molar-refractivity contribution in [3.05, 3.63) is 65.2 Å². The van der Waals surface area contributed by atoms with Crippen LogP contribution in [0.1, 0.15) is 35.3 Å². The van der Waals surface area contributed by atoms with Gasteiger partial charge in [-0.15, -0.1) is 0 Å². The van der Waals surface area contributed by atoms with Crippen LogP contribution in [0.4, 0.5) is 0 Å². The number of benzene rings is 2. The number of carbonyl (C=O) groups excluding carboxylic acids is 1. The number of ether oxygens (including phenoxy) is 1. The van der Waals surface area contributed by atoms with Crippen molar-refractivity contribution >= 4 is 5.78 Å². The Bertz CT molecular complexity index is 600. The highest BCUT2D eigenvalue weighted by Crippen LogP contribution is 2.18. The quantitative estimate of drug-likeness (QED) is 0.762. The van der Waals surface area contributed by atoms with Gasteiger partial charge in [0.2, 0.25) is 0 Å². The van der Waals surface area contributed by atoms with Crippen LogP contribution >= 0.6 is 0 Å². The van der Waals surface area contributed by atoms with Crippen LogP contribution in [0.2, 0.25) is 0 Å². The molecule has 0 saturated heterocycles. The molecule has 0 N–H and O–H groups in total. The van der Waals surface area contributed by atoms with E-state index in [0.29, 0.717) is 17.2 Å². The monoisotopic (exact) mass is 268 g/mol. The highest BCUT2D eigenvalue weighted by atomic mass is 16.5. The summed E-state index contributed by atoms with van der Waals surface area (Å²) in [7, 11) is 1.60. The van der Waals surface area contributed by atoms with Crippen molar-refractivity contribution in [2.45, 2.75) is 20.3 Å². The molecule has 2 aromatic rings. The number of ketones is 1. The number of hydrogen-bond acceptors (Lipinski definition) is 2. The predicted octanol–water partition coefficient (Wildman–Crippen LogP) is 4.12. The van der Waals surface area contributed by atoms with Gasteiger partial charge < -0.3 is 4.74 Å². The molecule has 0 fully saturated rings. The van der Waals surface area contributed by atoms with Crippen molar-refractivity contribution in [1.82, 2.24) is 0 Å². The van der Waals surface area contributed by atoms with E-state index in [-0.39, 0.29) is 5.78 Å². The van der Waals surface area contributed by atoms with Gasteiger partial charge in [-0.25, -0.2) is 0 Å². The lowest BCUT2D eigenvalue weighted by molar-refractivity contribution is 0.103. The minimum atomic E-state index is 0.0366. The molecule has 0 aliphatic heterocycles. The van der Waals surface area contributed by atoms with Crippen LogP contribution in [0.5, 0.6) is 5.75 Å². The zero-order chi connectivity index (χ0) is 14.5. The Morgan fingerprint density at radius 1 is 1.05 bits per heavy atom. The summed E-state index contributed by atoms with van der Waals surface area (Å²) in [5.41, 5.74) is 2.59. The maximum absolute atomic E-state index is 12.5. The van der Waals surface area contributed by atoms with E-state index >= 15 is 0 Å². The van der Waals surface area contributed by atoms with Gasteiger partial charge in [-0.2, -0.15) is 0 Å². The normalized spacial score (nSPS) is 10.6. The van der Waals surface area contributed by atoms with Crippen LogP contribution in [-0.2, 0) is 6.42 Å². The first kappa shape index (κ1) is 14.3. The number of carbonyl (C=O) groups is 1. The molecule has 104 valence electrons. The van der Waals surface area contributed by atoms with Gasteiger partial charge in [-0.1, -0.05) is 44.2 Å². The van der Waals surface area contributed by atoms with E-state index in [9.17, 15) is 4.79 Å². The van der Waals surface area contributed by atoms with Crippen molar-refractivity contribution in [1.29, 1.82) is 0 Å². The Kier molecular flexibility index (Phi) is 4.57. The van der Waals surface area contributed by atoms with Gasteiger partial charge in [0.05, 0.1) is 7.11 Å². The second-order valence-electron chi connectivity index (χ2n) is 5.36. The van der Waals surface area contributed by atoms with Gasteiger partial charge in [-0.3, -0.25) is 4.79 Å². The summed E-state index contributed by atoms with van der Waals surface area (Å²) in [6, 6.07) is 15.1. The van der Waals surface area contributed by atoms with Gasteiger partial charge in [-0.05, 0) is 36.1 Å². The lowest BCUT2D eigenvalue weighted by atomic mass is 9.97. The third-order valence-electron chi connectivity index (χ3n) is 3.17. The predicted molar refractivity (Wildman–Crippen MR) is 81.4 cm³/mol. The van der Waals surface area contributed by atoms with Crippen molar-refractivity contribution in [3.63, 3.8) is 0 Å². The summed E-state index contributed by atoms with van der Waals surface area (Å²) in [5, 5.41) is 0. The van der Waals surface area contributed by atoms with E-state index in [1.54, 1.807) is 13.2 Å². The zero-order valence-electron chi connectivity index (χ0n) is 12.2. The lowest BCUT2D eigenvalue weighted by Crippen LogP contribution is -2.03. The van der Waals surface area contributed by atoms with Gasteiger partial charge >= 0.3 is 0 Å². The Morgan fingerprint density at radius 3 is 2.35 bits per heavy atom. The van der Waals surface area contributed by atoms with Gasteiger partial charge in [0.15, 0.2) is 5.78 Å². The fraction of sp³-hybridized carbons (Fsp3) is 0.278. The maximum atomic E-state index is 12.5. The van der Waals surface area contributed by atoms with Crippen LogP contribution in [0.25, 0.3) is 0 Å². The molecule has 2 rings (SSSR count). The summed E-state index contributed by atoms with van der Waals surface area (Å²) in [4.78, 5) is 12.5. The molecule has 0 aliphatic carbocycles. The van der Waals surface area contributed by atoms with Crippen LogP contribution < -0.4 is 4.74 Å². The molecule has 0 spiro atoms. The van der Waals surface area contributed by atoms with E-state index in [1.807, 2.05) is 36.4 Å². The number of methoxy groups -OCH3 is 1. The second-order valence-corrected chi connectivity index (χ2v) is 5.36. The van der Waals surface area contributed by atoms with Crippen LogP contribution in [0.15, 0.2) is 48.5 Å². The molecule has 0 saturated carbocycles. The molecular weight excluding hydrogens is 248 g/mol. The average molecular weight is 268 g/mol. The second kappa shape index (κ2) is 6.38. The summed E-state index contributed by atoms with van der Waals surface area (Å²) >= 11 is 0. The fourth-order valence-electron chi connectivity index (χ4n) is 2.24. The first-order valence-corrected chi connectivity index (χ1v) is 6.88. The summed E-state index contributed by atoms with van der Waals surface area (Å²) in [6.07, 6.45) is 0.985. The molecule has 0 aliphatic rings. The van der Waals surface area contributed by atoms with E-state index in [0.717, 1.165) is 12.0 Å². The van der Waals surface area contributed by atoms with Crippen LogP contribution in [0, 0.1) is 5.92 Å². The van der Waals surface area contributed by atoms with Gasteiger partial charge in [0.1, 0.15) is 5.75 Å². The smallest absolute Gasteiger partial charge is 0.193 e. The molecule has 0 heterocycles. The van der Waals surface area contributed by atoms with E-state index in [1.165, 1.54) is 5.56 Å². The molecule has 0 amide bonds. The van der Waals surface area contributed by atoms with E-state index in [2.05, 4.69) is 19.9 Å². The van der Waals surface area contributed by atoms with Gasteiger partial charge in [0, 0.05) is 11.1 Å². The Balaban J connectivity index is 2.28. The van der Waals surface area contributed by atoms with E-state index in [4.69, 9.17) is 4.74 Å².